The highest BCUT2D eigenvalue weighted by atomic mass is 32.2. The zero-order valence-electron chi connectivity index (χ0n) is 32.1. The predicted octanol–water partition coefficient (Wildman–Crippen LogP) is -3.30. The van der Waals surface area contributed by atoms with Crippen molar-refractivity contribution in [3.63, 3.8) is 0 Å². The first-order chi connectivity index (χ1) is 26.1. The summed E-state index contributed by atoms with van der Waals surface area (Å²) in [6.07, 6.45) is 0.124. The smallest absolute Gasteiger partial charge is 0.326 e. The van der Waals surface area contributed by atoms with Gasteiger partial charge >= 0.3 is 11.9 Å². The molecule has 0 saturated carbocycles. The standard InChI is InChI=1S/C33H57N9O12S2/c1-6-16(4)26(42-31(51)21(14-55)40-30(50)20(13-24(45)46)39-27(47)17(34)7-9-22(35)43)32(52)38-18(8-10-23(36)44)28(48)37-19(11-12-56-5)29(49)41-25(15(2)3)33(53)54/h15-21,25-26,55H,6-14,34H2,1-5H3,(H2,35,43)(H2,36,44)(H,37,48)(H,38,52)(H,39,47)(H,40,50)(H,41,49)(H,42,51)(H,45,46)(H,53,54)/t16-,17-,18-,19-,20-,21-,25-,26-/m0/s1. The van der Waals surface area contributed by atoms with Gasteiger partial charge in [-0.2, -0.15) is 24.4 Å². The minimum Gasteiger partial charge on any atom is -0.481 e. The van der Waals surface area contributed by atoms with Gasteiger partial charge in [-0.1, -0.05) is 34.1 Å². The number of thioether (sulfide) groups is 1. The molecule has 0 aromatic carbocycles. The molecule has 0 saturated heterocycles. The van der Waals surface area contributed by atoms with Crippen molar-refractivity contribution in [1.82, 2.24) is 31.9 Å². The van der Waals surface area contributed by atoms with E-state index < -0.39 is 120 Å². The van der Waals surface area contributed by atoms with E-state index in [4.69, 9.17) is 17.2 Å². The molecule has 0 bridgehead atoms. The largest absolute Gasteiger partial charge is 0.481 e. The molecule has 0 heterocycles. The fraction of sp³-hybridized carbons (Fsp3) is 0.697. The summed E-state index contributed by atoms with van der Waals surface area (Å²) in [4.78, 5) is 126. The van der Waals surface area contributed by atoms with Gasteiger partial charge in [0.05, 0.1) is 12.5 Å². The molecule has 0 aromatic rings. The van der Waals surface area contributed by atoms with Crippen molar-refractivity contribution in [3.8, 4) is 0 Å². The molecule has 0 rings (SSSR count). The molecule has 0 aliphatic rings. The van der Waals surface area contributed by atoms with Crippen LogP contribution in [0, 0.1) is 11.8 Å². The number of amides is 8. The molecule has 318 valence electrons. The Kier molecular flexibility index (Phi) is 24.1. The van der Waals surface area contributed by atoms with E-state index in [-0.39, 0.29) is 37.9 Å². The Morgan fingerprint density at radius 1 is 0.625 bits per heavy atom. The average molecular weight is 836 g/mol. The van der Waals surface area contributed by atoms with Gasteiger partial charge in [0, 0.05) is 18.6 Å². The highest BCUT2D eigenvalue weighted by Gasteiger charge is 2.35. The van der Waals surface area contributed by atoms with Crippen molar-refractivity contribution in [2.45, 2.75) is 115 Å². The minimum absolute atomic E-state index is 0.0845. The normalized spacial score (nSPS) is 15.3. The van der Waals surface area contributed by atoms with Crippen LogP contribution in [-0.2, 0) is 47.9 Å². The molecular formula is C33H57N9O12S2. The SMILES string of the molecule is CC[C@H](C)[C@H](NC(=O)[C@H](CS)NC(=O)[C@H](CC(=O)O)NC(=O)[C@@H](N)CCC(N)=O)C(=O)N[C@@H](CCC(N)=O)C(=O)N[C@@H](CCSC)C(=O)N[C@H](C(=O)O)C(C)C. The highest BCUT2D eigenvalue weighted by molar-refractivity contribution is 7.98. The number of nitrogens with two attached hydrogens (primary N) is 3. The Labute approximate surface area is 334 Å². The molecule has 8 amide bonds. The molecule has 56 heavy (non-hydrogen) atoms. The molecule has 0 aromatic heterocycles. The van der Waals surface area contributed by atoms with E-state index in [9.17, 15) is 58.2 Å². The molecular weight excluding hydrogens is 779 g/mol. The zero-order chi connectivity index (χ0) is 43.3. The van der Waals surface area contributed by atoms with Crippen LogP contribution in [0.4, 0.5) is 0 Å². The lowest BCUT2D eigenvalue weighted by Gasteiger charge is -2.29. The summed E-state index contributed by atoms with van der Waals surface area (Å²) >= 11 is 5.46. The molecule has 0 aliphatic heterocycles. The van der Waals surface area contributed by atoms with Crippen LogP contribution in [0.25, 0.3) is 0 Å². The summed E-state index contributed by atoms with van der Waals surface area (Å²) in [5, 5.41) is 33.3. The summed E-state index contributed by atoms with van der Waals surface area (Å²) in [7, 11) is 0. The van der Waals surface area contributed by atoms with Crippen molar-refractivity contribution in [2.24, 2.45) is 29.0 Å². The van der Waals surface area contributed by atoms with Crippen LogP contribution in [0.5, 0.6) is 0 Å². The monoisotopic (exact) mass is 835 g/mol. The number of carboxylic acid groups (broad SMARTS) is 2. The number of carbonyl (C=O) groups is 10. The van der Waals surface area contributed by atoms with Crippen LogP contribution in [0.2, 0.25) is 0 Å². The van der Waals surface area contributed by atoms with Gasteiger partial charge in [-0.3, -0.25) is 43.2 Å². The van der Waals surface area contributed by atoms with E-state index in [0.29, 0.717) is 12.2 Å². The van der Waals surface area contributed by atoms with Gasteiger partial charge in [0.1, 0.15) is 36.3 Å². The minimum atomic E-state index is -1.71. The molecule has 21 nitrogen and oxygen atoms in total. The van der Waals surface area contributed by atoms with Crippen molar-refractivity contribution >= 4 is 83.6 Å². The average Bonchev–Trinajstić information content (AvgIpc) is 3.12. The summed E-state index contributed by atoms with van der Waals surface area (Å²) in [5.41, 5.74) is 16.1. The first kappa shape index (κ1) is 51.4. The van der Waals surface area contributed by atoms with Crippen LogP contribution in [0.1, 0.15) is 72.6 Å². The van der Waals surface area contributed by atoms with Gasteiger partial charge in [-0.25, -0.2) is 4.79 Å². The first-order valence-electron chi connectivity index (χ1n) is 17.8. The summed E-state index contributed by atoms with van der Waals surface area (Å²) < 4.78 is 0. The van der Waals surface area contributed by atoms with E-state index in [2.05, 4.69) is 44.5 Å². The van der Waals surface area contributed by atoms with Gasteiger partial charge < -0.3 is 59.3 Å². The number of hydrogen-bond donors (Lipinski definition) is 12. The fourth-order valence-electron chi connectivity index (χ4n) is 4.87. The van der Waals surface area contributed by atoms with Crippen molar-refractivity contribution in [3.05, 3.63) is 0 Å². The number of primary amides is 2. The Morgan fingerprint density at radius 2 is 1.07 bits per heavy atom. The van der Waals surface area contributed by atoms with Gasteiger partial charge in [-0.15, -0.1) is 0 Å². The summed E-state index contributed by atoms with van der Waals surface area (Å²) in [6.45, 7) is 6.49. The molecule has 0 radical (unpaired) electrons. The highest BCUT2D eigenvalue weighted by Crippen LogP contribution is 2.12. The van der Waals surface area contributed by atoms with E-state index in [1.54, 1.807) is 34.0 Å². The molecule has 0 aliphatic carbocycles. The number of nitrogens with one attached hydrogen (secondary N) is 6. The number of hydrogen-bond acceptors (Lipinski definition) is 13. The third-order valence-corrected chi connectivity index (χ3v) is 9.45. The Balaban J connectivity index is 6.22. The van der Waals surface area contributed by atoms with Gasteiger partial charge in [0.25, 0.3) is 0 Å². The van der Waals surface area contributed by atoms with E-state index in [1.165, 1.54) is 11.8 Å². The quantitative estimate of drug-likeness (QED) is 0.0344. The maximum Gasteiger partial charge on any atom is 0.326 e. The molecule has 8 atom stereocenters. The number of carboxylic acids is 2. The maximum absolute atomic E-state index is 13.7. The second-order valence-electron chi connectivity index (χ2n) is 13.4. The Morgan fingerprint density at radius 3 is 1.55 bits per heavy atom. The second kappa shape index (κ2) is 26.3. The molecule has 0 spiro atoms. The fourth-order valence-corrected chi connectivity index (χ4v) is 5.60. The van der Waals surface area contributed by atoms with Crippen LogP contribution in [0.15, 0.2) is 0 Å². The Hall–Kier alpha value is -4.64. The van der Waals surface area contributed by atoms with Crippen LogP contribution in [0.3, 0.4) is 0 Å². The summed E-state index contributed by atoms with van der Waals surface area (Å²) in [5.74, 6) is -10.9. The maximum atomic E-state index is 13.7. The number of carbonyl (C=O) groups excluding carboxylic acids is 8. The van der Waals surface area contributed by atoms with Crippen LogP contribution >= 0.6 is 24.4 Å². The van der Waals surface area contributed by atoms with E-state index in [1.807, 2.05) is 0 Å². The van der Waals surface area contributed by atoms with Gasteiger partial charge in [0.2, 0.25) is 47.3 Å². The van der Waals surface area contributed by atoms with Gasteiger partial charge in [-0.05, 0) is 43.1 Å². The van der Waals surface area contributed by atoms with Crippen LogP contribution < -0.4 is 49.1 Å². The predicted molar refractivity (Wildman–Crippen MR) is 207 cm³/mol. The lowest BCUT2D eigenvalue weighted by Crippen LogP contribution is -2.61. The zero-order valence-corrected chi connectivity index (χ0v) is 33.8. The first-order valence-corrected chi connectivity index (χ1v) is 19.8. The van der Waals surface area contributed by atoms with Gasteiger partial charge in [0.15, 0.2) is 0 Å². The van der Waals surface area contributed by atoms with Crippen molar-refractivity contribution < 1.29 is 58.2 Å². The van der Waals surface area contributed by atoms with Crippen molar-refractivity contribution in [2.75, 3.05) is 17.8 Å². The molecule has 14 N–H and O–H groups in total. The topological polar surface area (TPSA) is 361 Å². The molecule has 0 fully saturated rings. The number of aliphatic carboxylic acids is 2. The summed E-state index contributed by atoms with van der Waals surface area (Å²) in [6, 6.07) is -9.81. The Bertz CT molecular complexity index is 1420. The molecule has 0 unspecified atom stereocenters. The lowest BCUT2D eigenvalue weighted by atomic mass is 9.97. The van der Waals surface area contributed by atoms with Crippen molar-refractivity contribution in [1.29, 1.82) is 0 Å². The third-order valence-electron chi connectivity index (χ3n) is 8.45. The third kappa shape index (κ3) is 19.3. The van der Waals surface area contributed by atoms with E-state index >= 15 is 0 Å². The second-order valence-corrected chi connectivity index (χ2v) is 14.7. The lowest BCUT2D eigenvalue weighted by molar-refractivity contribution is -0.143. The molecule has 23 heteroatoms. The number of rotatable bonds is 28. The van der Waals surface area contributed by atoms with E-state index in [0.717, 1.165) is 0 Å². The number of thiol groups is 1. The van der Waals surface area contributed by atoms with Crippen LogP contribution in [-0.4, -0.2) is 129 Å².